The second-order valence-electron chi connectivity index (χ2n) is 3.93. The first-order valence-electron chi connectivity index (χ1n) is 5.78. The van der Waals surface area contributed by atoms with E-state index in [1.165, 1.54) is 24.3 Å². The Balaban J connectivity index is 2.52. The Morgan fingerprint density at radius 1 is 1.26 bits per heavy atom. The van der Waals surface area contributed by atoms with Gasteiger partial charge in [-0.25, -0.2) is 0 Å². The summed E-state index contributed by atoms with van der Waals surface area (Å²) in [6.45, 7) is 0.618. The van der Waals surface area contributed by atoms with Gasteiger partial charge in [0.2, 0.25) is 5.91 Å². The molecule has 0 bridgehead atoms. The van der Waals surface area contributed by atoms with E-state index in [1.54, 1.807) is 0 Å². The molecule has 1 rings (SSSR count). The number of carbonyl (C=O) groups excluding carboxylic acids is 1. The van der Waals surface area contributed by atoms with Crippen molar-refractivity contribution in [3.8, 4) is 5.75 Å². The van der Waals surface area contributed by atoms with Gasteiger partial charge in [0.15, 0.2) is 0 Å². The van der Waals surface area contributed by atoms with Gasteiger partial charge in [0.25, 0.3) is 0 Å². The smallest absolute Gasteiger partial charge is 0.321 e. The molecule has 1 aromatic carbocycles. The summed E-state index contributed by atoms with van der Waals surface area (Å²) in [5.74, 6) is -1.44. The zero-order chi connectivity index (χ0) is 14.3. The van der Waals surface area contributed by atoms with Crippen LogP contribution in [0.5, 0.6) is 5.75 Å². The van der Waals surface area contributed by atoms with Crippen LogP contribution < -0.4 is 16.4 Å². The van der Waals surface area contributed by atoms with Crippen LogP contribution in [0.4, 0.5) is 5.69 Å². The maximum atomic E-state index is 11.7. The number of anilines is 1. The number of amides is 1. The molecular formula is C12H17N3O4. The van der Waals surface area contributed by atoms with Gasteiger partial charge >= 0.3 is 5.97 Å². The minimum atomic E-state index is -1.10. The van der Waals surface area contributed by atoms with Gasteiger partial charge < -0.3 is 26.6 Å². The fourth-order valence-corrected chi connectivity index (χ4v) is 1.45. The number of carboxylic acids is 1. The van der Waals surface area contributed by atoms with Gasteiger partial charge in [0.1, 0.15) is 11.8 Å². The molecule has 0 aliphatic rings. The zero-order valence-electron chi connectivity index (χ0n) is 10.3. The maximum Gasteiger partial charge on any atom is 0.321 e. The number of phenols is 1. The summed E-state index contributed by atoms with van der Waals surface area (Å²) in [6, 6.07) is 4.93. The monoisotopic (exact) mass is 267 g/mol. The SMILES string of the molecule is NCCN[C@H](CC(=O)Nc1ccc(O)cc1)C(=O)O. The van der Waals surface area contributed by atoms with Crippen molar-refractivity contribution < 1.29 is 19.8 Å². The van der Waals surface area contributed by atoms with Gasteiger partial charge in [-0.15, -0.1) is 0 Å². The summed E-state index contributed by atoms with van der Waals surface area (Å²) < 4.78 is 0. The van der Waals surface area contributed by atoms with E-state index in [2.05, 4.69) is 10.6 Å². The lowest BCUT2D eigenvalue weighted by molar-refractivity contribution is -0.141. The fourth-order valence-electron chi connectivity index (χ4n) is 1.45. The van der Waals surface area contributed by atoms with E-state index in [9.17, 15) is 9.59 Å². The average Bonchev–Trinajstić information content (AvgIpc) is 2.37. The van der Waals surface area contributed by atoms with Crippen LogP contribution in [0.3, 0.4) is 0 Å². The van der Waals surface area contributed by atoms with Crippen LogP contribution in [0, 0.1) is 0 Å². The highest BCUT2D eigenvalue weighted by atomic mass is 16.4. The van der Waals surface area contributed by atoms with Crippen LogP contribution in [-0.4, -0.2) is 41.2 Å². The largest absolute Gasteiger partial charge is 0.508 e. The molecule has 0 saturated heterocycles. The van der Waals surface area contributed by atoms with Crippen LogP contribution in [0.25, 0.3) is 0 Å². The van der Waals surface area contributed by atoms with E-state index in [-0.39, 0.29) is 12.2 Å². The number of carboxylic acid groups (broad SMARTS) is 1. The molecule has 0 saturated carbocycles. The quantitative estimate of drug-likeness (QED) is 0.433. The summed E-state index contributed by atoms with van der Waals surface area (Å²) in [6.07, 6.45) is -0.198. The minimum Gasteiger partial charge on any atom is -0.508 e. The summed E-state index contributed by atoms with van der Waals surface area (Å²) in [7, 11) is 0. The topological polar surface area (TPSA) is 125 Å². The van der Waals surface area contributed by atoms with Crippen molar-refractivity contribution in [1.82, 2.24) is 5.32 Å². The van der Waals surface area contributed by atoms with E-state index in [4.69, 9.17) is 15.9 Å². The Hall–Kier alpha value is -2.12. The number of nitrogens with two attached hydrogens (primary N) is 1. The Labute approximate surface area is 110 Å². The van der Waals surface area contributed by atoms with Crippen molar-refractivity contribution in [3.05, 3.63) is 24.3 Å². The number of hydrogen-bond acceptors (Lipinski definition) is 5. The molecule has 0 spiro atoms. The molecule has 104 valence electrons. The molecular weight excluding hydrogens is 250 g/mol. The molecule has 0 fully saturated rings. The van der Waals surface area contributed by atoms with Gasteiger partial charge in [-0.1, -0.05) is 0 Å². The second kappa shape index (κ2) is 7.34. The Bertz CT molecular complexity index is 433. The van der Waals surface area contributed by atoms with E-state index < -0.39 is 17.9 Å². The first-order chi connectivity index (χ1) is 9.02. The average molecular weight is 267 g/mol. The van der Waals surface area contributed by atoms with Crippen molar-refractivity contribution in [2.45, 2.75) is 12.5 Å². The molecule has 1 atom stereocenters. The van der Waals surface area contributed by atoms with Gasteiger partial charge in [-0.3, -0.25) is 9.59 Å². The molecule has 1 amide bonds. The van der Waals surface area contributed by atoms with Crippen molar-refractivity contribution in [3.63, 3.8) is 0 Å². The number of benzene rings is 1. The minimum absolute atomic E-state index is 0.0889. The van der Waals surface area contributed by atoms with Gasteiger partial charge in [0.05, 0.1) is 6.42 Å². The maximum absolute atomic E-state index is 11.7. The van der Waals surface area contributed by atoms with Gasteiger partial charge in [0, 0.05) is 18.8 Å². The number of hydrogen-bond donors (Lipinski definition) is 5. The van der Waals surface area contributed by atoms with E-state index >= 15 is 0 Å². The molecule has 0 aliphatic heterocycles. The van der Waals surface area contributed by atoms with Crippen molar-refractivity contribution in [2.24, 2.45) is 5.73 Å². The van der Waals surface area contributed by atoms with Gasteiger partial charge in [-0.2, -0.15) is 0 Å². The summed E-state index contributed by atoms with van der Waals surface area (Å²) in [5.41, 5.74) is 5.76. The lowest BCUT2D eigenvalue weighted by Gasteiger charge is -2.13. The highest BCUT2D eigenvalue weighted by Gasteiger charge is 2.20. The third kappa shape index (κ3) is 5.36. The Morgan fingerprint density at radius 2 is 1.89 bits per heavy atom. The van der Waals surface area contributed by atoms with Crippen LogP contribution in [0.2, 0.25) is 0 Å². The molecule has 0 aliphatic carbocycles. The van der Waals surface area contributed by atoms with Crippen molar-refractivity contribution >= 4 is 17.6 Å². The van der Waals surface area contributed by atoms with Crippen molar-refractivity contribution in [2.75, 3.05) is 18.4 Å². The van der Waals surface area contributed by atoms with E-state index in [1.807, 2.05) is 0 Å². The number of aliphatic carboxylic acids is 1. The molecule has 19 heavy (non-hydrogen) atoms. The van der Waals surface area contributed by atoms with E-state index in [0.717, 1.165) is 0 Å². The number of nitrogens with one attached hydrogen (secondary N) is 2. The normalized spacial score (nSPS) is 11.8. The molecule has 1 aromatic rings. The number of phenolic OH excluding ortho intramolecular Hbond substituents is 1. The Morgan fingerprint density at radius 3 is 2.42 bits per heavy atom. The lowest BCUT2D eigenvalue weighted by Crippen LogP contribution is -2.41. The molecule has 6 N–H and O–H groups in total. The molecule has 7 heteroatoms. The summed E-state index contributed by atoms with van der Waals surface area (Å²) in [5, 5.41) is 23.2. The molecule has 0 unspecified atom stereocenters. The lowest BCUT2D eigenvalue weighted by atomic mass is 10.2. The number of carbonyl (C=O) groups is 2. The third-order valence-electron chi connectivity index (χ3n) is 2.37. The first-order valence-corrected chi connectivity index (χ1v) is 5.78. The molecule has 0 radical (unpaired) electrons. The molecule has 0 aromatic heterocycles. The van der Waals surface area contributed by atoms with Gasteiger partial charge in [-0.05, 0) is 24.3 Å². The summed E-state index contributed by atoms with van der Waals surface area (Å²) in [4.78, 5) is 22.6. The van der Waals surface area contributed by atoms with Crippen LogP contribution in [-0.2, 0) is 9.59 Å². The number of rotatable bonds is 7. The highest BCUT2D eigenvalue weighted by Crippen LogP contribution is 2.14. The number of aromatic hydroxyl groups is 1. The second-order valence-corrected chi connectivity index (χ2v) is 3.93. The predicted octanol–water partition coefficient (Wildman–Crippen LogP) is -0.278. The first kappa shape index (κ1) is 14.9. The molecule has 7 nitrogen and oxygen atoms in total. The van der Waals surface area contributed by atoms with Crippen LogP contribution in [0.15, 0.2) is 24.3 Å². The summed E-state index contributed by atoms with van der Waals surface area (Å²) >= 11 is 0. The molecule has 0 heterocycles. The third-order valence-corrected chi connectivity index (χ3v) is 2.37. The fraction of sp³-hybridized carbons (Fsp3) is 0.333. The van der Waals surface area contributed by atoms with Crippen LogP contribution >= 0.6 is 0 Å². The predicted molar refractivity (Wildman–Crippen MR) is 69.8 cm³/mol. The zero-order valence-corrected chi connectivity index (χ0v) is 10.3. The standard InChI is InChI=1S/C12H17N3O4/c13-5-6-14-10(12(18)19)7-11(17)15-8-1-3-9(16)4-2-8/h1-4,10,14,16H,5-7,13H2,(H,15,17)(H,18,19)/t10-/m1/s1. The van der Waals surface area contributed by atoms with E-state index in [0.29, 0.717) is 18.8 Å². The van der Waals surface area contributed by atoms with Crippen LogP contribution in [0.1, 0.15) is 6.42 Å². The Kier molecular flexibility index (Phi) is 5.77. The van der Waals surface area contributed by atoms with Crippen molar-refractivity contribution in [1.29, 1.82) is 0 Å². The highest BCUT2D eigenvalue weighted by molar-refractivity contribution is 5.94.